The van der Waals surface area contributed by atoms with Gasteiger partial charge in [0.2, 0.25) is 0 Å². The van der Waals surface area contributed by atoms with Gasteiger partial charge < -0.3 is 14.5 Å². The molecule has 25 heavy (non-hydrogen) atoms. The van der Waals surface area contributed by atoms with Crippen LogP contribution in [0.4, 0.5) is 5.69 Å². The molecule has 0 saturated heterocycles. The second kappa shape index (κ2) is 7.45. The maximum atomic E-state index is 12.3. The zero-order valence-electron chi connectivity index (χ0n) is 14.0. The van der Waals surface area contributed by atoms with Gasteiger partial charge >= 0.3 is 0 Å². The van der Waals surface area contributed by atoms with Gasteiger partial charge in [0, 0.05) is 10.7 Å². The Morgan fingerprint density at radius 2 is 1.84 bits per heavy atom. The Kier molecular flexibility index (Phi) is 5.10. The van der Waals surface area contributed by atoms with Crippen LogP contribution in [0.1, 0.15) is 27.4 Å². The van der Waals surface area contributed by atoms with Crippen LogP contribution in [0.3, 0.4) is 0 Å². The number of furan rings is 1. The van der Waals surface area contributed by atoms with Crippen LogP contribution in [0.15, 0.2) is 59.0 Å². The first-order valence-electron chi connectivity index (χ1n) is 7.87. The summed E-state index contributed by atoms with van der Waals surface area (Å²) in [6.07, 6.45) is 0. The Morgan fingerprint density at radius 3 is 2.60 bits per heavy atom. The van der Waals surface area contributed by atoms with E-state index in [4.69, 9.17) is 20.8 Å². The lowest BCUT2D eigenvalue weighted by atomic mass is 10.2. The van der Waals surface area contributed by atoms with Crippen LogP contribution >= 0.6 is 11.6 Å². The van der Waals surface area contributed by atoms with Crippen LogP contribution in [0.5, 0.6) is 5.75 Å². The standard InChI is InChI=1S/C20H18ClNO3/c1-13-6-8-15(9-7-13)24-12-16-10-11-19(25-16)20(23)22-18-5-3-4-17(21)14(18)2/h3-11H,12H2,1-2H3,(H,22,23). The molecule has 3 rings (SSSR count). The van der Waals surface area contributed by atoms with Crippen LogP contribution in [0.2, 0.25) is 5.02 Å². The van der Waals surface area contributed by atoms with Crippen molar-refractivity contribution in [2.75, 3.05) is 5.32 Å². The second-order valence-electron chi connectivity index (χ2n) is 5.73. The molecule has 1 N–H and O–H groups in total. The van der Waals surface area contributed by atoms with Crippen molar-refractivity contribution < 1.29 is 13.9 Å². The van der Waals surface area contributed by atoms with Gasteiger partial charge in [0.25, 0.3) is 5.91 Å². The Hall–Kier alpha value is -2.72. The summed E-state index contributed by atoms with van der Waals surface area (Å²) in [6, 6.07) is 16.5. The molecule has 1 heterocycles. The number of nitrogens with one attached hydrogen (secondary N) is 1. The summed E-state index contributed by atoms with van der Waals surface area (Å²) >= 11 is 6.07. The molecule has 0 radical (unpaired) electrons. The van der Waals surface area contributed by atoms with Crippen molar-refractivity contribution in [3.05, 3.63) is 82.3 Å². The number of anilines is 1. The molecule has 1 amide bonds. The fourth-order valence-corrected chi connectivity index (χ4v) is 2.47. The van der Waals surface area contributed by atoms with E-state index in [0.29, 0.717) is 16.5 Å². The van der Waals surface area contributed by atoms with Crippen molar-refractivity contribution in [3.63, 3.8) is 0 Å². The number of aryl methyl sites for hydroxylation is 1. The fraction of sp³-hybridized carbons (Fsp3) is 0.150. The average Bonchev–Trinajstić information content (AvgIpc) is 3.08. The highest BCUT2D eigenvalue weighted by molar-refractivity contribution is 6.31. The quantitative estimate of drug-likeness (QED) is 0.668. The zero-order chi connectivity index (χ0) is 17.8. The van der Waals surface area contributed by atoms with Gasteiger partial charge in [-0.1, -0.05) is 35.4 Å². The second-order valence-corrected chi connectivity index (χ2v) is 6.14. The van der Waals surface area contributed by atoms with Crippen molar-refractivity contribution in [2.24, 2.45) is 0 Å². The topological polar surface area (TPSA) is 51.5 Å². The van der Waals surface area contributed by atoms with E-state index in [1.165, 1.54) is 5.56 Å². The third-order valence-corrected chi connectivity index (χ3v) is 4.21. The molecule has 4 nitrogen and oxygen atoms in total. The van der Waals surface area contributed by atoms with Crippen molar-refractivity contribution in [2.45, 2.75) is 20.5 Å². The van der Waals surface area contributed by atoms with Gasteiger partial charge in [-0.3, -0.25) is 4.79 Å². The van der Waals surface area contributed by atoms with Gasteiger partial charge in [-0.25, -0.2) is 0 Å². The molecule has 0 aliphatic carbocycles. The van der Waals surface area contributed by atoms with E-state index in [0.717, 1.165) is 11.3 Å². The fourth-order valence-electron chi connectivity index (χ4n) is 2.29. The molecule has 0 atom stereocenters. The van der Waals surface area contributed by atoms with Crippen molar-refractivity contribution in [3.8, 4) is 5.75 Å². The van der Waals surface area contributed by atoms with Crippen molar-refractivity contribution in [1.29, 1.82) is 0 Å². The SMILES string of the molecule is Cc1ccc(OCc2ccc(C(=O)Nc3cccc(Cl)c3C)o2)cc1. The van der Waals surface area contributed by atoms with Crippen molar-refractivity contribution in [1.82, 2.24) is 0 Å². The minimum Gasteiger partial charge on any atom is -0.486 e. The molecule has 2 aromatic carbocycles. The lowest BCUT2D eigenvalue weighted by Gasteiger charge is -2.08. The number of rotatable bonds is 5. The van der Waals surface area contributed by atoms with E-state index in [1.807, 2.05) is 38.1 Å². The minimum absolute atomic E-state index is 0.224. The molecule has 0 fully saturated rings. The lowest BCUT2D eigenvalue weighted by molar-refractivity contribution is 0.0992. The normalized spacial score (nSPS) is 10.5. The third-order valence-electron chi connectivity index (χ3n) is 3.80. The van der Waals surface area contributed by atoms with E-state index in [2.05, 4.69) is 5.32 Å². The molecular formula is C20H18ClNO3. The first-order chi connectivity index (χ1) is 12.0. The summed E-state index contributed by atoms with van der Waals surface area (Å²) in [6.45, 7) is 4.12. The lowest BCUT2D eigenvalue weighted by Crippen LogP contribution is -2.12. The van der Waals surface area contributed by atoms with Gasteiger partial charge in [-0.2, -0.15) is 0 Å². The van der Waals surface area contributed by atoms with Crippen LogP contribution in [0, 0.1) is 13.8 Å². The molecule has 0 spiro atoms. The third kappa shape index (κ3) is 4.22. The maximum Gasteiger partial charge on any atom is 0.291 e. The molecular weight excluding hydrogens is 338 g/mol. The smallest absolute Gasteiger partial charge is 0.291 e. The van der Waals surface area contributed by atoms with Gasteiger partial charge in [-0.15, -0.1) is 0 Å². The molecule has 3 aromatic rings. The number of benzene rings is 2. The van der Waals surface area contributed by atoms with Crippen molar-refractivity contribution >= 4 is 23.2 Å². The van der Waals surface area contributed by atoms with Gasteiger partial charge in [0.05, 0.1) is 0 Å². The summed E-state index contributed by atoms with van der Waals surface area (Å²) in [5, 5.41) is 3.40. The number of amides is 1. The first-order valence-corrected chi connectivity index (χ1v) is 8.25. The average molecular weight is 356 g/mol. The Labute approximate surface area is 151 Å². The molecule has 128 valence electrons. The van der Waals surface area contributed by atoms with Gasteiger partial charge in [0.1, 0.15) is 18.1 Å². The largest absolute Gasteiger partial charge is 0.486 e. The highest BCUT2D eigenvalue weighted by Crippen LogP contribution is 2.24. The summed E-state index contributed by atoms with van der Waals surface area (Å²) in [4.78, 5) is 12.3. The molecule has 5 heteroatoms. The molecule has 0 aliphatic rings. The molecule has 1 aromatic heterocycles. The predicted molar refractivity (Wildman–Crippen MR) is 98.4 cm³/mol. The summed E-state index contributed by atoms with van der Waals surface area (Å²) in [5.41, 5.74) is 2.64. The Balaban J connectivity index is 1.63. The highest BCUT2D eigenvalue weighted by atomic mass is 35.5. The first kappa shape index (κ1) is 17.1. The summed E-state index contributed by atoms with van der Waals surface area (Å²) in [7, 11) is 0. The number of halogens is 1. The monoisotopic (exact) mass is 355 g/mol. The highest BCUT2D eigenvalue weighted by Gasteiger charge is 2.13. The number of carbonyl (C=O) groups excluding carboxylic acids is 1. The van der Waals surface area contributed by atoms with Gasteiger partial charge in [0.15, 0.2) is 5.76 Å². The van der Waals surface area contributed by atoms with Crippen LogP contribution in [0.25, 0.3) is 0 Å². The van der Waals surface area contributed by atoms with E-state index in [1.54, 1.807) is 30.3 Å². The summed E-state index contributed by atoms with van der Waals surface area (Å²) < 4.78 is 11.2. The zero-order valence-corrected chi connectivity index (χ0v) is 14.8. The number of ether oxygens (including phenoxy) is 1. The molecule has 0 aliphatic heterocycles. The number of hydrogen-bond acceptors (Lipinski definition) is 3. The minimum atomic E-state index is -0.327. The van der Waals surface area contributed by atoms with E-state index in [-0.39, 0.29) is 18.3 Å². The number of hydrogen-bond donors (Lipinski definition) is 1. The maximum absolute atomic E-state index is 12.3. The van der Waals surface area contributed by atoms with Crippen LogP contribution < -0.4 is 10.1 Å². The van der Waals surface area contributed by atoms with E-state index in [9.17, 15) is 4.79 Å². The Morgan fingerprint density at radius 1 is 1.08 bits per heavy atom. The molecule has 0 saturated carbocycles. The summed E-state index contributed by atoms with van der Waals surface area (Å²) in [5.74, 6) is 1.23. The number of carbonyl (C=O) groups is 1. The Bertz CT molecular complexity index is 884. The van der Waals surface area contributed by atoms with E-state index < -0.39 is 0 Å². The predicted octanol–water partition coefficient (Wildman–Crippen LogP) is 5.38. The van der Waals surface area contributed by atoms with Gasteiger partial charge in [-0.05, 0) is 55.8 Å². The molecule has 0 bridgehead atoms. The van der Waals surface area contributed by atoms with Crippen LogP contribution in [-0.2, 0) is 6.61 Å². The van der Waals surface area contributed by atoms with Crippen LogP contribution in [-0.4, -0.2) is 5.91 Å². The van der Waals surface area contributed by atoms with E-state index >= 15 is 0 Å². The molecule has 0 unspecified atom stereocenters.